The van der Waals surface area contributed by atoms with Crippen molar-refractivity contribution in [2.45, 2.75) is 53.2 Å². The van der Waals surface area contributed by atoms with Crippen molar-refractivity contribution in [3.8, 4) is 0 Å². The summed E-state index contributed by atoms with van der Waals surface area (Å²) in [6.07, 6.45) is -0.301. The van der Waals surface area contributed by atoms with E-state index in [2.05, 4.69) is 5.32 Å². The van der Waals surface area contributed by atoms with Gasteiger partial charge in [0.2, 0.25) is 5.91 Å². The highest BCUT2D eigenvalue weighted by Gasteiger charge is 2.41. The van der Waals surface area contributed by atoms with Crippen molar-refractivity contribution < 1.29 is 9.59 Å². The van der Waals surface area contributed by atoms with Gasteiger partial charge in [-0.15, -0.1) is 0 Å². The van der Waals surface area contributed by atoms with Crippen molar-refractivity contribution in [3.63, 3.8) is 0 Å². The first-order valence-corrected chi connectivity index (χ1v) is 5.44. The van der Waals surface area contributed by atoms with Gasteiger partial charge in [-0.05, 0) is 40.2 Å². The Balaban J connectivity index is 3.10. The Morgan fingerprint density at radius 1 is 1.31 bits per heavy atom. The summed E-state index contributed by atoms with van der Waals surface area (Å²) in [4.78, 5) is 25.0. The molecule has 0 aromatic carbocycles. The molecule has 1 aliphatic rings. The molecule has 0 aliphatic carbocycles. The number of hydrogen-bond donors (Lipinski definition) is 1. The van der Waals surface area contributed by atoms with E-state index in [9.17, 15) is 9.59 Å². The molecule has 0 aromatic heterocycles. The van der Waals surface area contributed by atoms with E-state index in [1.165, 1.54) is 6.92 Å². The second-order valence-corrected chi connectivity index (χ2v) is 5.26. The predicted octanol–water partition coefficient (Wildman–Crippen LogP) is 1.43. The third kappa shape index (κ3) is 2.10. The van der Waals surface area contributed by atoms with Gasteiger partial charge in [-0.1, -0.05) is 0 Å². The summed E-state index contributed by atoms with van der Waals surface area (Å²) in [5.74, 6) is -0.121. The topological polar surface area (TPSA) is 49.4 Å². The molecule has 1 atom stereocenters. The summed E-state index contributed by atoms with van der Waals surface area (Å²) >= 11 is 0. The van der Waals surface area contributed by atoms with E-state index in [0.29, 0.717) is 0 Å². The number of nitrogens with one attached hydrogen (secondary N) is 1. The first-order chi connectivity index (χ1) is 7.16. The summed E-state index contributed by atoms with van der Waals surface area (Å²) in [5.41, 5.74) is 1.35. The Hall–Kier alpha value is -1.32. The van der Waals surface area contributed by atoms with Crippen LogP contribution in [0.25, 0.3) is 0 Å². The molecule has 0 radical (unpaired) electrons. The fraction of sp³-hybridized carbons (Fsp3) is 0.667. The minimum absolute atomic E-state index is 0.00347. The highest BCUT2D eigenvalue weighted by atomic mass is 16.2. The number of carbonyl (C=O) groups is 2. The highest BCUT2D eigenvalue weighted by Crippen LogP contribution is 2.30. The maximum atomic E-state index is 12.1. The van der Waals surface area contributed by atoms with Gasteiger partial charge in [-0.2, -0.15) is 0 Å². The highest BCUT2D eigenvalue weighted by molar-refractivity contribution is 5.98. The standard InChI is InChI=1S/C12H20N2O2/c1-7-8(2)11(16)14(12(4,5)6)10(7)13-9(3)15/h10H,1-6H3,(H,13,15). The quantitative estimate of drug-likeness (QED) is 0.732. The molecule has 0 bridgehead atoms. The van der Waals surface area contributed by atoms with Crippen LogP contribution in [0.1, 0.15) is 41.5 Å². The molecule has 0 fully saturated rings. The fourth-order valence-corrected chi connectivity index (χ4v) is 1.92. The van der Waals surface area contributed by atoms with Gasteiger partial charge in [0.05, 0.1) is 0 Å². The van der Waals surface area contributed by atoms with Gasteiger partial charge in [-0.25, -0.2) is 0 Å². The lowest BCUT2D eigenvalue weighted by molar-refractivity contribution is -0.133. The van der Waals surface area contributed by atoms with Crippen molar-refractivity contribution in [1.29, 1.82) is 0 Å². The Morgan fingerprint density at radius 2 is 1.81 bits per heavy atom. The third-order valence-corrected chi connectivity index (χ3v) is 2.86. The molecular weight excluding hydrogens is 204 g/mol. The number of hydrogen-bond acceptors (Lipinski definition) is 2. The maximum Gasteiger partial charge on any atom is 0.251 e. The van der Waals surface area contributed by atoms with Crippen LogP contribution in [-0.4, -0.2) is 28.4 Å². The lowest BCUT2D eigenvalue weighted by atomic mass is 10.1. The van der Waals surface area contributed by atoms with Crippen LogP contribution in [-0.2, 0) is 9.59 Å². The van der Waals surface area contributed by atoms with Crippen LogP contribution in [0.15, 0.2) is 11.1 Å². The molecule has 1 aliphatic heterocycles. The van der Waals surface area contributed by atoms with E-state index in [4.69, 9.17) is 0 Å². The second kappa shape index (κ2) is 3.92. The monoisotopic (exact) mass is 224 g/mol. The summed E-state index contributed by atoms with van der Waals surface area (Å²) in [6.45, 7) is 11.0. The van der Waals surface area contributed by atoms with Crippen molar-refractivity contribution in [2.24, 2.45) is 0 Å². The predicted molar refractivity (Wildman–Crippen MR) is 62.6 cm³/mol. The average molecular weight is 224 g/mol. The average Bonchev–Trinajstić information content (AvgIpc) is 2.29. The van der Waals surface area contributed by atoms with Crippen LogP contribution in [0.2, 0.25) is 0 Å². The minimum atomic E-state index is -0.302. The van der Waals surface area contributed by atoms with Crippen LogP contribution in [0.5, 0.6) is 0 Å². The molecule has 0 aromatic rings. The van der Waals surface area contributed by atoms with Gasteiger partial charge in [0.15, 0.2) is 0 Å². The first kappa shape index (κ1) is 12.7. The Bertz CT molecular complexity index is 364. The zero-order valence-electron chi connectivity index (χ0n) is 10.8. The molecule has 1 unspecified atom stereocenters. The van der Waals surface area contributed by atoms with Crippen LogP contribution >= 0.6 is 0 Å². The number of rotatable bonds is 1. The molecule has 16 heavy (non-hydrogen) atoms. The minimum Gasteiger partial charge on any atom is -0.332 e. The molecule has 1 rings (SSSR count). The molecule has 90 valence electrons. The van der Waals surface area contributed by atoms with E-state index < -0.39 is 0 Å². The van der Waals surface area contributed by atoms with E-state index in [1.54, 1.807) is 11.8 Å². The molecule has 4 heteroatoms. The lowest BCUT2D eigenvalue weighted by Gasteiger charge is -2.38. The van der Waals surface area contributed by atoms with E-state index in [-0.39, 0.29) is 23.5 Å². The number of carbonyl (C=O) groups excluding carboxylic acids is 2. The third-order valence-electron chi connectivity index (χ3n) is 2.86. The largest absolute Gasteiger partial charge is 0.332 e. The van der Waals surface area contributed by atoms with Crippen LogP contribution in [0, 0.1) is 0 Å². The molecule has 2 amide bonds. The smallest absolute Gasteiger partial charge is 0.251 e. The molecule has 0 saturated carbocycles. The normalized spacial score (nSPS) is 21.8. The fourth-order valence-electron chi connectivity index (χ4n) is 1.92. The summed E-state index contributed by atoms with van der Waals surface area (Å²) in [5, 5.41) is 2.82. The maximum absolute atomic E-state index is 12.1. The van der Waals surface area contributed by atoms with Crippen molar-refractivity contribution in [2.75, 3.05) is 0 Å². The zero-order chi connectivity index (χ0) is 12.7. The zero-order valence-corrected chi connectivity index (χ0v) is 10.8. The van der Waals surface area contributed by atoms with Crippen LogP contribution < -0.4 is 5.32 Å². The van der Waals surface area contributed by atoms with Gasteiger partial charge >= 0.3 is 0 Å². The van der Waals surface area contributed by atoms with Crippen LogP contribution in [0.3, 0.4) is 0 Å². The summed E-state index contributed by atoms with van der Waals surface area (Å²) < 4.78 is 0. The SMILES string of the molecule is CC(=O)NC1C(C)=C(C)C(=O)N1C(C)(C)C. The van der Waals surface area contributed by atoms with Crippen molar-refractivity contribution in [1.82, 2.24) is 10.2 Å². The van der Waals surface area contributed by atoms with E-state index in [0.717, 1.165) is 11.1 Å². The molecular formula is C12H20N2O2. The van der Waals surface area contributed by atoms with Gasteiger partial charge in [0.25, 0.3) is 5.91 Å². The molecule has 1 N–H and O–H groups in total. The molecule has 4 nitrogen and oxygen atoms in total. The molecule has 0 saturated heterocycles. The summed E-state index contributed by atoms with van der Waals surface area (Å²) in [6, 6.07) is 0. The second-order valence-electron chi connectivity index (χ2n) is 5.26. The Kier molecular flexibility index (Phi) is 3.13. The molecule has 0 spiro atoms. The van der Waals surface area contributed by atoms with E-state index in [1.807, 2.05) is 27.7 Å². The summed E-state index contributed by atoms with van der Waals surface area (Å²) in [7, 11) is 0. The van der Waals surface area contributed by atoms with Crippen LogP contribution in [0.4, 0.5) is 0 Å². The number of nitrogens with zero attached hydrogens (tertiary/aromatic N) is 1. The van der Waals surface area contributed by atoms with Gasteiger partial charge in [0, 0.05) is 18.0 Å². The van der Waals surface area contributed by atoms with Crippen molar-refractivity contribution in [3.05, 3.63) is 11.1 Å². The van der Waals surface area contributed by atoms with Gasteiger partial charge in [0.1, 0.15) is 6.17 Å². The number of amides is 2. The Labute approximate surface area is 96.7 Å². The van der Waals surface area contributed by atoms with Crippen molar-refractivity contribution >= 4 is 11.8 Å². The Morgan fingerprint density at radius 3 is 2.19 bits per heavy atom. The lowest BCUT2D eigenvalue weighted by Crippen LogP contribution is -2.55. The van der Waals surface area contributed by atoms with Gasteiger partial charge < -0.3 is 10.2 Å². The first-order valence-electron chi connectivity index (χ1n) is 5.44. The van der Waals surface area contributed by atoms with Gasteiger partial charge in [-0.3, -0.25) is 9.59 Å². The van der Waals surface area contributed by atoms with E-state index >= 15 is 0 Å². The molecule has 1 heterocycles.